The maximum atomic E-state index is 11.8. The molecule has 0 amide bonds. The molecule has 0 aliphatic carbocycles. The molecule has 0 saturated carbocycles. The smallest absolute Gasteiger partial charge is 0.765 e. The largest absolute Gasteiger partial charge is 2.00 e. The van der Waals surface area contributed by atoms with Crippen molar-refractivity contribution in [1.29, 1.82) is 0 Å². The molecule has 0 spiro atoms. The van der Waals surface area contributed by atoms with Crippen molar-refractivity contribution in [3.05, 3.63) is 60.7 Å². The van der Waals surface area contributed by atoms with Crippen LogP contribution in [0.1, 0.15) is 0 Å². The molecule has 0 aromatic heterocycles. The average molecular weight is 285 g/mol. The van der Waals surface area contributed by atoms with Crippen LogP contribution < -0.4 is 14.7 Å². The topological polar surface area (TPSA) is 49.4 Å². The van der Waals surface area contributed by atoms with Crippen LogP contribution in [0, 0.1) is 0 Å². The second-order valence-electron chi connectivity index (χ2n) is 3.24. The van der Waals surface area contributed by atoms with E-state index in [1.54, 1.807) is 48.5 Å². The van der Waals surface area contributed by atoms with Crippen molar-refractivity contribution in [2.24, 2.45) is 0 Å². The number of rotatable bonds is 3. The molecule has 0 heterocycles. The van der Waals surface area contributed by atoms with Crippen molar-refractivity contribution in [2.75, 3.05) is 0 Å². The van der Waals surface area contributed by atoms with Crippen LogP contribution in [0.15, 0.2) is 60.7 Å². The van der Waals surface area contributed by atoms with Gasteiger partial charge in [-0.2, -0.15) is 0 Å². The molecule has 0 aliphatic heterocycles. The predicted molar refractivity (Wildman–Crippen MR) is 60.8 cm³/mol. The predicted octanol–water partition coefficient (Wildman–Crippen LogP) is 1.94. The van der Waals surface area contributed by atoms with Gasteiger partial charge in [0.05, 0.1) is 0 Å². The molecule has 0 N–H and O–H groups in total. The van der Waals surface area contributed by atoms with E-state index in [-0.39, 0.29) is 22.7 Å². The number of hydrogen-bond donors (Lipinski definition) is 0. The van der Waals surface area contributed by atoms with Crippen LogP contribution >= 0.6 is 7.60 Å². The number of para-hydroxylation sites is 1. The molecule has 5 heteroatoms. The first-order valence-corrected chi connectivity index (χ1v) is 6.34. The molecule has 2 aromatic rings. The monoisotopic (exact) mass is 285 g/mol. The van der Waals surface area contributed by atoms with E-state index in [9.17, 15) is 9.46 Å². The van der Waals surface area contributed by atoms with E-state index in [0.717, 1.165) is 0 Å². The third-order valence-corrected chi connectivity index (χ3v) is 3.42. The van der Waals surface area contributed by atoms with Crippen LogP contribution in [0.2, 0.25) is 0 Å². The van der Waals surface area contributed by atoms with E-state index in [2.05, 4.69) is 0 Å². The fourth-order valence-corrected chi connectivity index (χ4v) is 2.33. The second-order valence-corrected chi connectivity index (χ2v) is 4.93. The summed E-state index contributed by atoms with van der Waals surface area (Å²) in [5.74, 6) is 0.324. The summed E-state index contributed by atoms with van der Waals surface area (Å²) in [6.45, 7) is 0. The minimum Gasteiger partial charge on any atom is -0.765 e. The molecule has 0 aliphatic rings. The van der Waals surface area contributed by atoms with Gasteiger partial charge in [0, 0.05) is 5.30 Å². The molecule has 0 radical (unpaired) electrons. The summed E-state index contributed by atoms with van der Waals surface area (Å²) in [4.78, 5) is 11.8. The van der Waals surface area contributed by atoms with E-state index in [0.29, 0.717) is 5.75 Å². The van der Waals surface area contributed by atoms with E-state index in [4.69, 9.17) is 4.52 Å². The number of hydrogen-bond acceptors (Lipinski definition) is 3. The van der Waals surface area contributed by atoms with Gasteiger partial charge in [0.15, 0.2) is 0 Å². The normalized spacial score (nSPS) is 13.2. The fourth-order valence-electron chi connectivity index (χ4n) is 1.28. The zero-order valence-corrected chi connectivity index (χ0v) is 11.0. The Labute approximate surface area is 111 Å². The maximum Gasteiger partial charge on any atom is 2.00 e. The maximum absolute atomic E-state index is 11.8. The van der Waals surface area contributed by atoms with Crippen molar-refractivity contribution in [2.45, 2.75) is 0 Å². The zero-order chi connectivity index (χ0) is 11.4. The molecule has 2 aromatic carbocycles. The van der Waals surface area contributed by atoms with Crippen molar-refractivity contribution in [3.8, 4) is 5.75 Å². The molecule has 3 nitrogen and oxygen atoms in total. The van der Waals surface area contributed by atoms with Crippen molar-refractivity contribution in [1.82, 2.24) is 0 Å². The van der Waals surface area contributed by atoms with Gasteiger partial charge in [0.25, 0.3) is 0 Å². The van der Waals surface area contributed by atoms with Crippen LogP contribution in [0.25, 0.3) is 0 Å². The van der Waals surface area contributed by atoms with E-state index >= 15 is 0 Å². The third-order valence-electron chi connectivity index (χ3n) is 2.04. The minimum atomic E-state index is -4.02. The Bertz CT molecular complexity index is 502. The van der Waals surface area contributed by atoms with Gasteiger partial charge in [-0.3, -0.25) is 4.57 Å². The SMILES string of the molecule is O=P([O-])(Oc1ccccc1)c1ccccc1.[Cr+2]. The van der Waals surface area contributed by atoms with E-state index in [1.807, 2.05) is 0 Å². The van der Waals surface area contributed by atoms with Crippen LogP contribution in [-0.2, 0) is 21.9 Å². The van der Waals surface area contributed by atoms with Gasteiger partial charge in [-0.1, -0.05) is 36.4 Å². The van der Waals surface area contributed by atoms with Gasteiger partial charge in [0.1, 0.15) is 5.75 Å². The molecule has 17 heavy (non-hydrogen) atoms. The van der Waals surface area contributed by atoms with Crippen molar-refractivity contribution >= 4 is 12.9 Å². The first kappa shape index (κ1) is 14.0. The summed E-state index contributed by atoms with van der Waals surface area (Å²) in [6.07, 6.45) is 0. The Morgan fingerprint density at radius 3 is 1.88 bits per heavy atom. The second kappa shape index (κ2) is 6.05. The van der Waals surface area contributed by atoms with Gasteiger partial charge in [-0.25, -0.2) is 0 Å². The van der Waals surface area contributed by atoms with E-state index in [1.165, 1.54) is 12.1 Å². The van der Waals surface area contributed by atoms with Crippen molar-refractivity contribution < 1.29 is 31.3 Å². The standard InChI is InChI=1S/C12H11O3P.Cr/c13-16(14,12-9-5-2-6-10-12)15-11-7-3-1-4-8-11;/h1-10H,(H,13,14);/q;+2/p-1. The van der Waals surface area contributed by atoms with Gasteiger partial charge in [0.2, 0.25) is 7.60 Å². The number of benzene rings is 2. The van der Waals surface area contributed by atoms with Crippen LogP contribution in [0.5, 0.6) is 5.75 Å². The first-order valence-electron chi connectivity index (χ1n) is 4.80. The molecule has 0 saturated heterocycles. The average Bonchev–Trinajstić information content (AvgIpc) is 2.31. The van der Waals surface area contributed by atoms with Gasteiger partial charge in [-0.05, 0) is 24.3 Å². The van der Waals surface area contributed by atoms with E-state index < -0.39 is 7.60 Å². The molecule has 2 rings (SSSR count). The van der Waals surface area contributed by atoms with Gasteiger partial charge >= 0.3 is 17.4 Å². The molecule has 0 bridgehead atoms. The van der Waals surface area contributed by atoms with Gasteiger partial charge in [-0.15, -0.1) is 0 Å². The van der Waals surface area contributed by atoms with Crippen LogP contribution in [-0.4, -0.2) is 0 Å². The first-order chi connectivity index (χ1) is 7.68. The Hall–Kier alpha value is -1.04. The fraction of sp³-hybridized carbons (Fsp3) is 0. The zero-order valence-electron chi connectivity index (χ0n) is 8.85. The molecule has 1 unspecified atom stereocenters. The summed E-state index contributed by atoms with van der Waals surface area (Å²) in [5.41, 5.74) is 0. The summed E-state index contributed by atoms with van der Waals surface area (Å²) < 4.78 is 16.8. The Kier molecular flexibility index (Phi) is 4.99. The summed E-state index contributed by atoms with van der Waals surface area (Å²) in [7, 11) is -4.02. The third kappa shape index (κ3) is 3.73. The Morgan fingerprint density at radius 2 is 1.35 bits per heavy atom. The van der Waals surface area contributed by atoms with Gasteiger partial charge < -0.3 is 9.42 Å². The Balaban J connectivity index is 0.00000144. The van der Waals surface area contributed by atoms with Crippen LogP contribution in [0.4, 0.5) is 0 Å². The van der Waals surface area contributed by atoms with Crippen molar-refractivity contribution in [3.63, 3.8) is 0 Å². The molecular formula is C12H10CrO3P+. The summed E-state index contributed by atoms with van der Waals surface area (Å²) in [5, 5.41) is 0.179. The summed E-state index contributed by atoms with van der Waals surface area (Å²) >= 11 is 0. The van der Waals surface area contributed by atoms with Crippen LogP contribution in [0.3, 0.4) is 0 Å². The molecule has 0 fully saturated rings. The Morgan fingerprint density at radius 1 is 0.882 bits per heavy atom. The summed E-state index contributed by atoms with van der Waals surface area (Å²) in [6, 6.07) is 16.6. The molecule has 86 valence electrons. The molecular weight excluding hydrogens is 275 g/mol. The molecule has 1 atom stereocenters. The minimum absolute atomic E-state index is 0. The quantitative estimate of drug-likeness (QED) is 0.810.